The molecule has 1 heterocycles. The number of hydrogen-bond acceptors (Lipinski definition) is 2. The maximum Gasteiger partial charge on any atom is 0.416 e. The molecule has 132 valence electrons. The minimum absolute atomic E-state index is 0. The Bertz CT molecular complexity index is 503. The Balaban J connectivity index is 0.00000242. The van der Waals surface area contributed by atoms with Crippen molar-refractivity contribution in [3.05, 3.63) is 47.8 Å². The van der Waals surface area contributed by atoms with Crippen LogP contribution < -0.4 is 5.32 Å². The third kappa shape index (κ3) is 5.64. The van der Waals surface area contributed by atoms with E-state index in [0.717, 1.165) is 31.3 Å². The van der Waals surface area contributed by atoms with Gasteiger partial charge in [-0.2, -0.15) is 13.2 Å². The van der Waals surface area contributed by atoms with E-state index < -0.39 is 23.6 Å². The number of rotatable bonds is 4. The molecule has 1 aromatic rings. The van der Waals surface area contributed by atoms with Crippen molar-refractivity contribution >= 4 is 24.8 Å². The monoisotopic (exact) mass is 374 g/mol. The molecule has 0 spiro atoms. The van der Waals surface area contributed by atoms with Gasteiger partial charge in [0.25, 0.3) is 0 Å². The molecule has 2 rings (SSSR count). The summed E-state index contributed by atoms with van der Waals surface area (Å²) in [6.07, 6.45) is -2.44. The van der Waals surface area contributed by atoms with E-state index in [1.807, 2.05) is 4.90 Å². The molecule has 2 nitrogen and oxygen atoms in total. The van der Waals surface area contributed by atoms with Gasteiger partial charge < -0.3 is 5.32 Å². The molecule has 1 N–H and O–H groups in total. The highest BCUT2D eigenvalue weighted by molar-refractivity contribution is 5.85. The van der Waals surface area contributed by atoms with E-state index in [9.17, 15) is 17.6 Å². The summed E-state index contributed by atoms with van der Waals surface area (Å²) in [5.74, 6) is -0.603. The Hall–Kier alpha value is -0.820. The Kier molecular flexibility index (Phi) is 9.13. The van der Waals surface area contributed by atoms with Crippen LogP contribution in [0.3, 0.4) is 0 Å². The van der Waals surface area contributed by atoms with Crippen LogP contribution in [0.25, 0.3) is 0 Å². The van der Waals surface area contributed by atoms with Crippen LogP contribution in [-0.4, -0.2) is 31.1 Å². The van der Waals surface area contributed by atoms with Crippen LogP contribution in [0.2, 0.25) is 0 Å². The lowest BCUT2D eigenvalue weighted by atomic mass is 9.98. The van der Waals surface area contributed by atoms with E-state index in [1.54, 1.807) is 6.08 Å². The first kappa shape index (κ1) is 22.2. The third-order valence-electron chi connectivity index (χ3n) is 3.66. The van der Waals surface area contributed by atoms with Crippen molar-refractivity contribution in [1.29, 1.82) is 0 Å². The summed E-state index contributed by atoms with van der Waals surface area (Å²) in [6.45, 7) is 6.47. The summed E-state index contributed by atoms with van der Waals surface area (Å²) < 4.78 is 52.5. The fourth-order valence-electron chi connectivity index (χ4n) is 2.60. The van der Waals surface area contributed by atoms with Gasteiger partial charge in [0.1, 0.15) is 5.82 Å². The fraction of sp³-hybridized carbons (Fsp3) is 0.467. The summed E-state index contributed by atoms with van der Waals surface area (Å²) in [7, 11) is 0. The zero-order chi connectivity index (χ0) is 15.5. The van der Waals surface area contributed by atoms with Gasteiger partial charge in [0, 0.05) is 37.8 Å². The molecule has 0 amide bonds. The third-order valence-corrected chi connectivity index (χ3v) is 3.66. The lowest BCUT2D eigenvalue weighted by molar-refractivity contribution is -0.137. The van der Waals surface area contributed by atoms with Crippen LogP contribution in [0.5, 0.6) is 0 Å². The van der Waals surface area contributed by atoms with E-state index in [2.05, 4.69) is 11.9 Å². The van der Waals surface area contributed by atoms with Gasteiger partial charge in [0.2, 0.25) is 0 Å². The Morgan fingerprint density at radius 1 is 1.22 bits per heavy atom. The lowest BCUT2D eigenvalue weighted by Crippen LogP contribution is -2.45. The van der Waals surface area contributed by atoms with Gasteiger partial charge in [-0.15, -0.1) is 31.4 Å². The molecule has 0 aliphatic carbocycles. The molecule has 0 unspecified atom stereocenters. The van der Waals surface area contributed by atoms with Gasteiger partial charge >= 0.3 is 6.18 Å². The zero-order valence-corrected chi connectivity index (χ0v) is 14.0. The topological polar surface area (TPSA) is 15.3 Å². The van der Waals surface area contributed by atoms with E-state index >= 15 is 0 Å². The van der Waals surface area contributed by atoms with Crippen LogP contribution in [0.1, 0.15) is 23.6 Å². The van der Waals surface area contributed by atoms with Crippen molar-refractivity contribution in [2.45, 2.75) is 18.6 Å². The Labute approximate surface area is 145 Å². The van der Waals surface area contributed by atoms with Gasteiger partial charge in [-0.05, 0) is 24.6 Å². The Morgan fingerprint density at radius 2 is 1.83 bits per heavy atom. The van der Waals surface area contributed by atoms with Gasteiger partial charge in [-0.3, -0.25) is 4.90 Å². The molecule has 1 fully saturated rings. The molecule has 1 saturated heterocycles. The van der Waals surface area contributed by atoms with Crippen molar-refractivity contribution in [3.8, 4) is 0 Å². The van der Waals surface area contributed by atoms with Crippen LogP contribution in [0.15, 0.2) is 30.9 Å². The largest absolute Gasteiger partial charge is 0.416 e. The SMILES string of the molecule is C=CC[C@H](c1cc(C(F)(F)F)ccc1F)N1CCNCC1.Cl.Cl. The highest BCUT2D eigenvalue weighted by Crippen LogP contribution is 2.34. The molecular formula is C15H20Cl2F4N2. The van der Waals surface area contributed by atoms with Gasteiger partial charge in [-0.1, -0.05) is 6.08 Å². The number of alkyl halides is 3. The number of piperazine rings is 1. The van der Waals surface area contributed by atoms with Gasteiger partial charge in [0.05, 0.1) is 5.56 Å². The first-order valence-electron chi connectivity index (χ1n) is 6.86. The van der Waals surface area contributed by atoms with E-state index in [0.29, 0.717) is 19.5 Å². The molecule has 1 aromatic carbocycles. The predicted octanol–water partition coefficient (Wildman–Crippen LogP) is 4.21. The summed E-state index contributed by atoms with van der Waals surface area (Å²) in [4.78, 5) is 2.00. The van der Waals surface area contributed by atoms with Gasteiger partial charge in [-0.25, -0.2) is 4.39 Å². The minimum atomic E-state index is -4.47. The van der Waals surface area contributed by atoms with Crippen LogP contribution in [0, 0.1) is 5.82 Å². The molecule has 1 atom stereocenters. The van der Waals surface area contributed by atoms with E-state index in [1.165, 1.54) is 0 Å². The quantitative estimate of drug-likeness (QED) is 0.627. The smallest absolute Gasteiger partial charge is 0.314 e. The fourth-order valence-corrected chi connectivity index (χ4v) is 2.60. The first-order chi connectivity index (χ1) is 9.93. The number of hydrogen-bond donors (Lipinski definition) is 1. The van der Waals surface area contributed by atoms with Crippen LogP contribution in [0.4, 0.5) is 17.6 Å². The molecule has 0 bridgehead atoms. The maximum absolute atomic E-state index is 14.0. The second kappa shape index (κ2) is 9.47. The standard InChI is InChI=1S/C15H18F4N2.2ClH/c1-2-3-14(21-8-6-20-7-9-21)12-10-11(15(17,18)19)4-5-13(12)16;;/h2,4-5,10,14,20H,1,3,6-9H2;2*1H/t14-;;/m1../s1. The first-order valence-corrected chi connectivity index (χ1v) is 6.86. The van der Waals surface area contributed by atoms with E-state index in [-0.39, 0.29) is 30.4 Å². The lowest BCUT2D eigenvalue weighted by Gasteiger charge is -2.35. The zero-order valence-electron chi connectivity index (χ0n) is 12.4. The maximum atomic E-state index is 14.0. The normalized spacial score (nSPS) is 16.9. The molecule has 0 radical (unpaired) electrons. The second-order valence-electron chi connectivity index (χ2n) is 5.06. The summed E-state index contributed by atoms with van der Waals surface area (Å²) in [5.41, 5.74) is -0.727. The Morgan fingerprint density at radius 3 is 2.35 bits per heavy atom. The summed E-state index contributed by atoms with van der Waals surface area (Å²) >= 11 is 0. The van der Waals surface area contributed by atoms with Crippen molar-refractivity contribution in [2.24, 2.45) is 0 Å². The predicted molar refractivity (Wildman–Crippen MR) is 87.9 cm³/mol. The molecule has 1 aliphatic rings. The molecule has 0 aromatic heterocycles. The van der Waals surface area contributed by atoms with Crippen molar-refractivity contribution in [1.82, 2.24) is 10.2 Å². The van der Waals surface area contributed by atoms with Crippen LogP contribution in [-0.2, 0) is 6.18 Å². The second-order valence-corrected chi connectivity index (χ2v) is 5.06. The average molecular weight is 375 g/mol. The number of halogens is 6. The highest BCUT2D eigenvalue weighted by Gasteiger charge is 2.33. The minimum Gasteiger partial charge on any atom is -0.314 e. The molecular weight excluding hydrogens is 355 g/mol. The van der Waals surface area contributed by atoms with Crippen molar-refractivity contribution in [3.63, 3.8) is 0 Å². The number of nitrogens with zero attached hydrogens (tertiary/aromatic N) is 1. The van der Waals surface area contributed by atoms with E-state index in [4.69, 9.17) is 0 Å². The van der Waals surface area contributed by atoms with Crippen molar-refractivity contribution < 1.29 is 17.6 Å². The highest BCUT2D eigenvalue weighted by atomic mass is 35.5. The van der Waals surface area contributed by atoms with Gasteiger partial charge in [0.15, 0.2) is 0 Å². The average Bonchev–Trinajstić information content (AvgIpc) is 2.45. The summed E-state index contributed by atoms with van der Waals surface area (Å²) in [6, 6.07) is 2.19. The molecule has 8 heteroatoms. The van der Waals surface area contributed by atoms with Crippen molar-refractivity contribution in [2.75, 3.05) is 26.2 Å². The summed E-state index contributed by atoms with van der Waals surface area (Å²) in [5, 5.41) is 3.17. The number of benzene rings is 1. The molecule has 1 aliphatic heterocycles. The molecule has 23 heavy (non-hydrogen) atoms. The van der Waals surface area contributed by atoms with Crippen LogP contribution >= 0.6 is 24.8 Å². The molecule has 0 saturated carbocycles. The number of nitrogens with one attached hydrogen (secondary N) is 1.